The van der Waals surface area contributed by atoms with E-state index in [2.05, 4.69) is 31.4 Å². The third-order valence-corrected chi connectivity index (χ3v) is 4.71. The Kier molecular flexibility index (Phi) is 8.38. The second-order valence-electron chi connectivity index (χ2n) is 8.39. The Hall–Kier alpha value is -0.770. The van der Waals surface area contributed by atoms with Gasteiger partial charge in [-0.2, -0.15) is 0 Å². The maximum absolute atomic E-state index is 11.8. The summed E-state index contributed by atoms with van der Waals surface area (Å²) in [6.45, 7) is 13.2. The molecule has 136 valence electrons. The molecule has 0 aromatic rings. The zero-order valence-electron chi connectivity index (χ0n) is 16.1. The molecule has 0 aromatic carbocycles. The molecule has 1 saturated carbocycles. The van der Waals surface area contributed by atoms with E-state index in [-0.39, 0.29) is 6.09 Å². The van der Waals surface area contributed by atoms with E-state index in [1.54, 1.807) is 0 Å². The Bertz CT molecular complexity index is 342. The second kappa shape index (κ2) is 9.51. The lowest BCUT2D eigenvalue weighted by molar-refractivity contribution is 0.0520. The van der Waals surface area contributed by atoms with Gasteiger partial charge in [-0.05, 0) is 64.7 Å². The van der Waals surface area contributed by atoms with E-state index < -0.39 is 5.60 Å². The van der Waals surface area contributed by atoms with Gasteiger partial charge in [0.1, 0.15) is 5.60 Å². The minimum atomic E-state index is -0.438. The average Bonchev–Trinajstić information content (AvgIpc) is 2.44. The average molecular weight is 327 g/mol. The first kappa shape index (κ1) is 20.3. The third-order valence-electron chi connectivity index (χ3n) is 4.71. The highest BCUT2D eigenvalue weighted by Gasteiger charge is 2.25. The standard InChI is InChI=1S/C19H38N2O2/c1-7-8-17(13-20-18(22)23-19(4,5)6)21-16-11-9-15(10-12-16)14(2)3/h14-17,21H,7-13H2,1-6H3,(H,20,22). The molecule has 0 spiro atoms. The highest BCUT2D eigenvalue weighted by molar-refractivity contribution is 5.67. The lowest BCUT2D eigenvalue weighted by atomic mass is 9.79. The third kappa shape index (κ3) is 8.59. The van der Waals surface area contributed by atoms with Crippen molar-refractivity contribution in [2.24, 2.45) is 11.8 Å². The van der Waals surface area contributed by atoms with Crippen molar-refractivity contribution < 1.29 is 9.53 Å². The van der Waals surface area contributed by atoms with Gasteiger partial charge in [-0.3, -0.25) is 0 Å². The number of ether oxygens (including phenoxy) is 1. The van der Waals surface area contributed by atoms with Gasteiger partial charge >= 0.3 is 6.09 Å². The normalized spacial score (nSPS) is 23.6. The molecule has 0 heterocycles. The Morgan fingerprint density at radius 3 is 2.26 bits per heavy atom. The van der Waals surface area contributed by atoms with Crippen molar-refractivity contribution >= 4 is 6.09 Å². The summed E-state index contributed by atoms with van der Waals surface area (Å²) in [6, 6.07) is 0.940. The van der Waals surface area contributed by atoms with Crippen LogP contribution in [0.1, 0.15) is 80.1 Å². The summed E-state index contributed by atoms with van der Waals surface area (Å²) in [6.07, 6.45) is 7.06. The molecule has 0 radical (unpaired) electrons. The summed E-state index contributed by atoms with van der Waals surface area (Å²) in [4.78, 5) is 11.8. The molecule has 1 atom stereocenters. The SMILES string of the molecule is CCCC(CNC(=O)OC(C)(C)C)NC1CCC(C(C)C)CC1. The van der Waals surface area contributed by atoms with E-state index in [0.717, 1.165) is 24.7 Å². The van der Waals surface area contributed by atoms with Crippen LogP contribution in [0.25, 0.3) is 0 Å². The molecule has 0 aromatic heterocycles. The fourth-order valence-electron chi connectivity index (χ4n) is 3.40. The highest BCUT2D eigenvalue weighted by atomic mass is 16.6. The number of rotatable bonds is 7. The first-order chi connectivity index (χ1) is 10.7. The summed E-state index contributed by atoms with van der Waals surface area (Å²) in [5, 5.41) is 6.68. The van der Waals surface area contributed by atoms with E-state index in [1.807, 2.05) is 20.8 Å². The number of nitrogens with one attached hydrogen (secondary N) is 2. The summed E-state index contributed by atoms with van der Waals surface area (Å²) < 4.78 is 5.32. The molecule has 2 N–H and O–H groups in total. The number of amides is 1. The van der Waals surface area contributed by atoms with Crippen LogP contribution in [0.5, 0.6) is 0 Å². The first-order valence-electron chi connectivity index (χ1n) is 9.44. The van der Waals surface area contributed by atoms with Crippen molar-refractivity contribution in [1.29, 1.82) is 0 Å². The molecule has 0 saturated heterocycles. The van der Waals surface area contributed by atoms with E-state index in [0.29, 0.717) is 18.6 Å². The Balaban J connectivity index is 2.36. The highest BCUT2D eigenvalue weighted by Crippen LogP contribution is 2.30. The van der Waals surface area contributed by atoms with Crippen LogP contribution in [-0.2, 0) is 4.74 Å². The summed E-state index contributed by atoms with van der Waals surface area (Å²) >= 11 is 0. The fourth-order valence-corrected chi connectivity index (χ4v) is 3.40. The van der Waals surface area contributed by atoms with Gasteiger partial charge in [-0.15, -0.1) is 0 Å². The van der Waals surface area contributed by atoms with Crippen LogP contribution < -0.4 is 10.6 Å². The predicted molar refractivity (Wildman–Crippen MR) is 96.7 cm³/mol. The maximum Gasteiger partial charge on any atom is 0.407 e. The molecule has 1 amide bonds. The van der Waals surface area contributed by atoms with E-state index in [1.165, 1.54) is 25.7 Å². The van der Waals surface area contributed by atoms with Gasteiger partial charge in [0, 0.05) is 18.6 Å². The lowest BCUT2D eigenvalue weighted by Crippen LogP contribution is -2.47. The maximum atomic E-state index is 11.8. The molecule has 1 unspecified atom stereocenters. The minimum absolute atomic E-state index is 0.316. The van der Waals surface area contributed by atoms with Gasteiger partial charge in [-0.1, -0.05) is 27.2 Å². The van der Waals surface area contributed by atoms with Crippen molar-refractivity contribution in [3.8, 4) is 0 Å². The van der Waals surface area contributed by atoms with Gasteiger partial charge < -0.3 is 15.4 Å². The smallest absolute Gasteiger partial charge is 0.407 e. The number of carbonyl (C=O) groups is 1. The van der Waals surface area contributed by atoms with Crippen LogP contribution in [0.4, 0.5) is 4.79 Å². The molecule has 4 nitrogen and oxygen atoms in total. The topological polar surface area (TPSA) is 50.4 Å². The number of alkyl carbamates (subject to hydrolysis) is 1. The van der Waals surface area contributed by atoms with Crippen molar-refractivity contribution in [3.63, 3.8) is 0 Å². The molecule has 0 aliphatic heterocycles. The predicted octanol–water partition coefficient (Wildman–Crippen LogP) is 4.48. The number of hydrogen-bond donors (Lipinski definition) is 2. The van der Waals surface area contributed by atoms with E-state index in [4.69, 9.17) is 4.74 Å². The van der Waals surface area contributed by atoms with Gasteiger partial charge in [0.05, 0.1) is 0 Å². The minimum Gasteiger partial charge on any atom is -0.444 e. The van der Waals surface area contributed by atoms with Crippen molar-refractivity contribution in [2.75, 3.05) is 6.54 Å². The van der Waals surface area contributed by atoms with Gasteiger partial charge in [-0.25, -0.2) is 4.79 Å². The Labute approximate surface area is 143 Å². The van der Waals surface area contributed by atoms with Crippen LogP contribution in [0.3, 0.4) is 0 Å². The van der Waals surface area contributed by atoms with E-state index >= 15 is 0 Å². The first-order valence-corrected chi connectivity index (χ1v) is 9.44. The zero-order chi connectivity index (χ0) is 17.5. The molecule has 1 aliphatic rings. The Morgan fingerprint density at radius 1 is 1.17 bits per heavy atom. The molecule has 4 heteroatoms. The van der Waals surface area contributed by atoms with Crippen LogP contribution in [-0.4, -0.2) is 30.3 Å². The van der Waals surface area contributed by atoms with Crippen LogP contribution >= 0.6 is 0 Å². The molecule has 1 aliphatic carbocycles. The quantitative estimate of drug-likeness (QED) is 0.725. The number of carbonyl (C=O) groups excluding carboxylic acids is 1. The van der Waals surface area contributed by atoms with Crippen molar-refractivity contribution in [1.82, 2.24) is 10.6 Å². The molecule has 1 fully saturated rings. The molecular weight excluding hydrogens is 288 g/mol. The van der Waals surface area contributed by atoms with Crippen LogP contribution in [0.2, 0.25) is 0 Å². The lowest BCUT2D eigenvalue weighted by Gasteiger charge is -2.34. The second-order valence-corrected chi connectivity index (χ2v) is 8.39. The van der Waals surface area contributed by atoms with Gasteiger partial charge in [0.2, 0.25) is 0 Å². The van der Waals surface area contributed by atoms with Crippen LogP contribution in [0, 0.1) is 11.8 Å². The Morgan fingerprint density at radius 2 is 1.78 bits per heavy atom. The van der Waals surface area contributed by atoms with Crippen molar-refractivity contribution in [3.05, 3.63) is 0 Å². The summed E-state index contributed by atoms with van der Waals surface area (Å²) in [7, 11) is 0. The summed E-state index contributed by atoms with van der Waals surface area (Å²) in [5.41, 5.74) is -0.438. The molecular formula is C19H38N2O2. The van der Waals surface area contributed by atoms with Crippen LogP contribution in [0.15, 0.2) is 0 Å². The van der Waals surface area contributed by atoms with Gasteiger partial charge in [0.15, 0.2) is 0 Å². The number of hydrogen-bond acceptors (Lipinski definition) is 3. The van der Waals surface area contributed by atoms with Gasteiger partial charge in [0.25, 0.3) is 0 Å². The van der Waals surface area contributed by atoms with Crippen molar-refractivity contribution in [2.45, 2.75) is 97.8 Å². The molecule has 0 bridgehead atoms. The van der Waals surface area contributed by atoms with E-state index in [9.17, 15) is 4.79 Å². The molecule has 23 heavy (non-hydrogen) atoms. The molecule has 1 rings (SSSR count). The zero-order valence-corrected chi connectivity index (χ0v) is 16.1. The monoisotopic (exact) mass is 326 g/mol. The largest absolute Gasteiger partial charge is 0.444 e. The fraction of sp³-hybridized carbons (Fsp3) is 0.947. The summed E-state index contributed by atoms with van der Waals surface area (Å²) in [5.74, 6) is 1.69.